The number of amides is 1. The topological polar surface area (TPSA) is 84.8 Å². The third-order valence-corrected chi connectivity index (χ3v) is 2.59. The summed E-state index contributed by atoms with van der Waals surface area (Å²) in [5.74, 6) is -1.06. The van der Waals surface area contributed by atoms with Gasteiger partial charge in [0.1, 0.15) is 12.1 Å². The van der Waals surface area contributed by atoms with Crippen molar-refractivity contribution in [3.63, 3.8) is 0 Å². The van der Waals surface area contributed by atoms with Crippen LogP contribution in [0.5, 0.6) is 0 Å². The summed E-state index contributed by atoms with van der Waals surface area (Å²) in [6.07, 6.45) is 2.02. The predicted octanol–water partition coefficient (Wildman–Crippen LogP) is 0.415. The number of methoxy groups -OCH3 is 1. The molecular weight excluding hydrogens is 224 g/mol. The molecule has 0 heterocycles. The fourth-order valence-corrected chi connectivity index (χ4v) is 1.21. The maximum absolute atomic E-state index is 11.6. The summed E-state index contributed by atoms with van der Waals surface area (Å²) in [4.78, 5) is 36.4. The Morgan fingerprint density at radius 3 is 2.41 bits per heavy atom. The molecule has 96 valence electrons. The molecule has 3 atom stereocenters. The molecule has 0 fully saturated rings. The van der Waals surface area contributed by atoms with Crippen LogP contribution in [0.25, 0.3) is 0 Å². The normalized spacial score (nSPS) is 15.1. The van der Waals surface area contributed by atoms with Crippen LogP contribution in [0.2, 0.25) is 0 Å². The molecule has 6 heteroatoms. The molecule has 0 saturated heterocycles. The first-order valence-corrected chi connectivity index (χ1v) is 5.43. The highest BCUT2D eigenvalue weighted by molar-refractivity contribution is 5.87. The van der Waals surface area contributed by atoms with Crippen LogP contribution < -0.4 is 5.32 Å². The van der Waals surface area contributed by atoms with Gasteiger partial charge in [0.15, 0.2) is 0 Å². The van der Waals surface area contributed by atoms with Gasteiger partial charge >= 0.3 is 5.97 Å². The second-order valence-corrected chi connectivity index (χ2v) is 3.79. The number of carbonyl (C=O) groups is 2. The fraction of sp³-hybridized carbons (Fsp3) is 0.727. The second-order valence-electron chi connectivity index (χ2n) is 3.79. The van der Waals surface area contributed by atoms with E-state index >= 15 is 0 Å². The van der Waals surface area contributed by atoms with E-state index in [0.29, 0.717) is 6.42 Å². The molecule has 17 heavy (non-hydrogen) atoms. The van der Waals surface area contributed by atoms with E-state index in [1.54, 1.807) is 0 Å². The van der Waals surface area contributed by atoms with E-state index in [1.165, 1.54) is 20.1 Å². The van der Waals surface area contributed by atoms with Crippen molar-refractivity contribution in [2.24, 2.45) is 10.9 Å². The highest BCUT2D eigenvalue weighted by Gasteiger charge is 2.28. The molecule has 0 radical (unpaired) electrons. The average Bonchev–Trinajstić information content (AvgIpc) is 2.33. The molecule has 0 bridgehead atoms. The smallest absolute Gasteiger partial charge is 0.328 e. The van der Waals surface area contributed by atoms with Gasteiger partial charge in [-0.2, -0.15) is 4.99 Å². The number of nitrogens with one attached hydrogen (secondary N) is 1. The minimum Gasteiger partial charge on any atom is -0.467 e. The van der Waals surface area contributed by atoms with Crippen molar-refractivity contribution in [3.05, 3.63) is 0 Å². The van der Waals surface area contributed by atoms with Crippen molar-refractivity contribution >= 4 is 18.0 Å². The number of esters is 1. The molecule has 1 N–H and O–H groups in total. The van der Waals surface area contributed by atoms with Gasteiger partial charge in [0.05, 0.1) is 7.11 Å². The van der Waals surface area contributed by atoms with E-state index in [-0.39, 0.29) is 5.92 Å². The van der Waals surface area contributed by atoms with Gasteiger partial charge in [-0.05, 0) is 12.8 Å². The van der Waals surface area contributed by atoms with Crippen LogP contribution in [0.15, 0.2) is 4.99 Å². The lowest BCUT2D eigenvalue weighted by Crippen LogP contribution is -2.48. The standard InChI is InChI=1S/C11H18N2O4/c1-5-7(2)9(11(16)17-4)13-10(15)8(3)12-6-14/h7-9H,5H2,1-4H3,(H,13,15)/t7?,8-,9-/m0/s1. The Hall–Kier alpha value is -1.68. The quantitative estimate of drug-likeness (QED) is 0.415. The lowest BCUT2D eigenvalue weighted by molar-refractivity contribution is -0.146. The monoisotopic (exact) mass is 242 g/mol. The zero-order valence-electron chi connectivity index (χ0n) is 10.5. The molecule has 0 aromatic rings. The summed E-state index contributed by atoms with van der Waals surface area (Å²) in [6, 6.07) is -1.58. The van der Waals surface area contributed by atoms with Gasteiger partial charge in [-0.3, -0.25) is 4.79 Å². The van der Waals surface area contributed by atoms with Gasteiger partial charge in [0, 0.05) is 0 Å². The molecule has 0 spiro atoms. The first-order chi connectivity index (χ1) is 7.97. The van der Waals surface area contributed by atoms with Crippen LogP contribution in [0.4, 0.5) is 0 Å². The van der Waals surface area contributed by atoms with Crippen molar-refractivity contribution < 1.29 is 19.1 Å². The molecule has 1 amide bonds. The van der Waals surface area contributed by atoms with E-state index in [1.807, 2.05) is 13.8 Å². The molecule has 6 nitrogen and oxygen atoms in total. The van der Waals surface area contributed by atoms with Gasteiger partial charge in [0.2, 0.25) is 12.0 Å². The summed E-state index contributed by atoms with van der Waals surface area (Å²) >= 11 is 0. The van der Waals surface area contributed by atoms with Crippen molar-refractivity contribution in [2.75, 3.05) is 7.11 Å². The molecule has 0 aliphatic rings. The Balaban J connectivity index is 4.69. The average molecular weight is 242 g/mol. The number of nitrogens with zero attached hydrogens (tertiary/aromatic N) is 1. The molecular formula is C11H18N2O4. The molecule has 0 aliphatic carbocycles. The minimum atomic E-state index is -0.858. The van der Waals surface area contributed by atoms with E-state index in [4.69, 9.17) is 0 Å². The number of isocyanates is 1. The van der Waals surface area contributed by atoms with E-state index in [9.17, 15) is 14.4 Å². The molecule has 0 aromatic heterocycles. The Morgan fingerprint density at radius 2 is 2.00 bits per heavy atom. The van der Waals surface area contributed by atoms with Crippen LogP contribution in [-0.2, 0) is 19.1 Å². The summed E-state index contributed by atoms with van der Waals surface area (Å²) in [5.41, 5.74) is 0. The van der Waals surface area contributed by atoms with Crippen LogP contribution in [-0.4, -0.2) is 37.1 Å². The Kier molecular flexibility index (Phi) is 6.82. The summed E-state index contributed by atoms with van der Waals surface area (Å²) < 4.78 is 4.61. The van der Waals surface area contributed by atoms with Gasteiger partial charge in [-0.15, -0.1) is 0 Å². The number of carbonyl (C=O) groups excluding carboxylic acids is 3. The van der Waals surface area contributed by atoms with Gasteiger partial charge in [-0.25, -0.2) is 9.59 Å². The van der Waals surface area contributed by atoms with Crippen LogP contribution in [0.1, 0.15) is 27.2 Å². The number of rotatable bonds is 6. The van der Waals surface area contributed by atoms with E-state index in [2.05, 4.69) is 15.0 Å². The number of ether oxygens (including phenoxy) is 1. The lowest BCUT2D eigenvalue weighted by atomic mass is 9.99. The summed E-state index contributed by atoms with van der Waals surface area (Å²) in [7, 11) is 1.26. The first kappa shape index (κ1) is 15.3. The SMILES string of the molecule is CCC(C)[C@H](NC(=O)[C@H](C)N=C=O)C(=O)OC. The van der Waals surface area contributed by atoms with Gasteiger partial charge < -0.3 is 10.1 Å². The van der Waals surface area contributed by atoms with Crippen molar-refractivity contribution in [2.45, 2.75) is 39.3 Å². The zero-order chi connectivity index (χ0) is 13.4. The maximum atomic E-state index is 11.6. The van der Waals surface area contributed by atoms with Gasteiger partial charge in [-0.1, -0.05) is 20.3 Å². The number of hydrogen-bond acceptors (Lipinski definition) is 5. The van der Waals surface area contributed by atoms with Crippen LogP contribution in [0, 0.1) is 5.92 Å². The third-order valence-electron chi connectivity index (χ3n) is 2.59. The van der Waals surface area contributed by atoms with Crippen molar-refractivity contribution in [3.8, 4) is 0 Å². The molecule has 0 aliphatic heterocycles. The summed E-state index contributed by atoms with van der Waals surface area (Å²) in [5, 5.41) is 2.52. The van der Waals surface area contributed by atoms with Gasteiger partial charge in [0.25, 0.3) is 0 Å². The Labute approximate surface area is 100 Å². The lowest BCUT2D eigenvalue weighted by Gasteiger charge is -2.22. The summed E-state index contributed by atoms with van der Waals surface area (Å²) in [6.45, 7) is 5.18. The van der Waals surface area contributed by atoms with Crippen LogP contribution >= 0.6 is 0 Å². The molecule has 1 unspecified atom stereocenters. The van der Waals surface area contributed by atoms with Crippen LogP contribution in [0.3, 0.4) is 0 Å². The molecule has 0 aromatic carbocycles. The van der Waals surface area contributed by atoms with Crippen molar-refractivity contribution in [1.82, 2.24) is 5.32 Å². The highest BCUT2D eigenvalue weighted by atomic mass is 16.5. The largest absolute Gasteiger partial charge is 0.467 e. The fourth-order valence-electron chi connectivity index (χ4n) is 1.21. The highest BCUT2D eigenvalue weighted by Crippen LogP contribution is 2.09. The first-order valence-electron chi connectivity index (χ1n) is 5.43. The number of hydrogen-bond donors (Lipinski definition) is 1. The Morgan fingerprint density at radius 1 is 1.41 bits per heavy atom. The third kappa shape index (κ3) is 4.78. The minimum absolute atomic E-state index is 0.0567. The number of aliphatic imine (C=N–C) groups is 1. The van der Waals surface area contributed by atoms with Crippen molar-refractivity contribution in [1.29, 1.82) is 0 Å². The predicted molar refractivity (Wildman–Crippen MR) is 61.0 cm³/mol. The van der Waals surface area contributed by atoms with E-state index < -0.39 is 24.0 Å². The van der Waals surface area contributed by atoms with E-state index in [0.717, 1.165) is 0 Å². The maximum Gasteiger partial charge on any atom is 0.328 e. The molecule has 0 rings (SSSR count). The zero-order valence-corrected chi connectivity index (χ0v) is 10.5. The Bertz CT molecular complexity index is 323. The molecule has 0 saturated carbocycles. The second kappa shape index (κ2) is 7.57.